The average Bonchev–Trinajstić information content (AvgIpc) is 2.48. The Morgan fingerprint density at radius 3 is 2.60 bits per heavy atom. The lowest BCUT2D eigenvalue weighted by atomic mass is 9.85. The van der Waals surface area contributed by atoms with Crippen molar-refractivity contribution in [1.82, 2.24) is 5.32 Å². The molecule has 1 aliphatic rings. The normalized spacial score (nSPS) is 23.5. The minimum atomic E-state index is -0.843. The molecule has 0 aliphatic carbocycles. The molecule has 2 atom stereocenters. The average molecular weight is 293 g/mol. The van der Waals surface area contributed by atoms with Crippen molar-refractivity contribution in [3.63, 3.8) is 0 Å². The van der Waals surface area contributed by atoms with E-state index in [0.717, 1.165) is 23.5 Å². The summed E-state index contributed by atoms with van der Waals surface area (Å²) in [5, 5.41) is 3.64. The Kier molecular flexibility index (Phi) is 4.70. The maximum Gasteiger partial charge on any atom is 0.0532 e. The van der Waals surface area contributed by atoms with Crippen LogP contribution in [0.25, 0.3) is 0 Å². The Balaban J connectivity index is 2.48. The van der Waals surface area contributed by atoms with Gasteiger partial charge in [-0.1, -0.05) is 46.8 Å². The third kappa shape index (κ3) is 3.50. The molecule has 2 rings (SSSR count). The summed E-state index contributed by atoms with van der Waals surface area (Å²) < 4.78 is 12.4. The van der Waals surface area contributed by atoms with Crippen molar-refractivity contribution in [3.8, 4) is 0 Å². The number of fused-ring (bicyclic) bond motifs is 1. The molecule has 1 aliphatic heterocycles. The van der Waals surface area contributed by atoms with Gasteiger partial charge >= 0.3 is 0 Å². The van der Waals surface area contributed by atoms with Crippen LogP contribution in [-0.4, -0.2) is 16.0 Å². The molecule has 2 unspecified atom stereocenters. The van der Waals surface area contributed by atoms with Gasteiger partial charge in [-0.05, 0) is 35.4 Å². The van der Waals surface area contributed by atoms with Gasteiger partial charge in [0.15, 0.2) is 0 Å². The van der Waals surface area contributed by atoms with Crippen LogP contribution in [0.4, 0.5) is 0 Å². The topological polar surface area (TPSA) is 29.1 Å². The van der Waals surface area contributed by atoms with E-state index in [1.54, 1.807) is 0 Å². The van der Waals surface area contributed by atoms with Crippen molar-refractivity contribution in [2.24, 2.45) is 0 Å². The largest absolute Gasteiger partial charge is 0.308 e. The molecule has 1 heterocycles. The highest BCUT2D eigenvalue weighted by Gasteiger charge is 2.25. The maximum absolute atomic E-state index is 12.4. The predicted octanol–water partition coefficient (Wildman–Crippen LogP) is 3.92. The highest BCUT2D eigenvalue weighted by Crippen LogP contribution is 2.33. The van der Waals surface area contributed by atoms with Gasteiger partial charge in [-0.25, -0.2) is 0 Å². The quantitative estimate of drug-likeness (QED) is 0.895. The summed E-state index contributed by atoms with van der Waals surface area (Å²) in [4.78, 5) is 1.04. The van der Waals surface area contributed by atoms with Gasteiger partial charge in [-0.15, -0.1) is 0 Å². The summed E-state index contributed by atoms with van der Waals surface area (Å²) >= 11 is 0. The van der Waals surface area contributed by atoms with Crippen LogP contribution in [0.1, 0.15) is 64.6 Å². The van der Waals surface area contributed by atoms with Crippen LogP contribution < -0.4 is 5.32 Å². The molecular weight excluding hydrogens is 266 g/mol. The molecule has 1 aromatic carbocycles. The lowest BCUT2D eigenvalue weighted by Gasteiger charge is -2.25. The first kappa shape index (κ1) is 15.7. The first-order chi connectivity index (χ1) is 9.29. The highest BCUT2D eigenvalue weighted by atomic mass is 32.2. The molecule has 0 radical (unpaired) electrons. The van der Waals surface area contributed by atoms with Gasteiger partial charge in [0, 0.05) is 22.7 Å². The van der Waals surface area contributed by atoms with E-state index in [9.17, 15) is 4.21 Å². The molecule has 0 aromatic heterocycles. The van der Waals surface area contributed by atoms with Gasteiger partial charge < -0.3 is 5.32 Å². The monoisotopic (exact) mass is 293 g/mol. The third-order valence-electron chi connectivity index (χ3n) is 3.85. The van der Waals surface area contributed by atoms with Crippen molar-refractivity contribution in [3.05, 3.63) is 29.3 Å². The number of hydrogen-bond acceptors (Lipinski definition) is 2. The van der Waals surface area contributed by atoms with E-state index in [1.165, 1.54) is 11.1 Å². The Hall–Kier alpha value is -0.670. The Labute approximate surface area is 125 Å². The molecule has 0 saturated heterocycles. The molecule has 1 N–H and O–H groups in total. The van der Waals surface area contributed by atoms with Crippen molar-refractivity contribution in [2.75, 3.05) is 5.75 Å². The second-order valence-electron chi connectivity index (χ2n) is 7.07. The first-order valence-electron chi connectivity index (χ1n) is 7.58. The van der Waals surface area contributed by atoms with Crippen LogP contribution in [0.5, 0.6) is 0 Å². The third-order valence-corrected chi connectivity index (χ3v) is 5.38. The lowest BCUT2D eigenvalue weighted by molar-refractivity contribution is 0.446. The maximum atomic E-state index is 12.4. The van der Waals surface area contributed by atoms with Crippen molar-refractivity contribution in [1.29, 1.82) is 0 Å². The Morgan fingerprint density at radius 1 is 1.30 bits per heavy atom. The van der Waals surface area contributed by atoms with Crippen molar-refractivity contribution in [2.45, 2.75) is 69.9 Å². The molecule has 0 saturated carbocycles. The number of rotatable bonds is 2. The summed E-state index contributed by atoms with van der Waals surface area (Å²) in [6.45, 7) is 11.0. The molecule has 3 heteroatoms. The van der Waals surface area contributed by atoms with Crippen LogP contribution in [0.2, 0.25) is 0 Å². The van der Waals surface area contributed by atoms with Gasteiger partial charge in [-0.3, -0.25) is 4.21 Å². The summed E-state index contributed by atoms with van der Waals surface area (Å²) in [6.07, 6.45) is 2.10. The van der Waals surface area contributed by atoms with Gasteiger partial charge in [0.25, 0.3) is 0 Å². The van der Waals surface area contributed by atoms with E-state index in [4.69, 9.17) is 0 Å². The van der Waals surface area contributed by atoms with E-state index in [2.05, 4.69) is 58.1 Å². The van der Waals surface area contributed by atoms with Crippen LogP contribution >= 0.6 is 0 Å². The van der Waals surface area contributed by atoms with Gasteiger partial charge in [0.2, 0.25) is 0 Å². The fourth-order valence-electron chi connectivity index (χ4n) is 2.75. The van der Waals surface area contributed by atoms with E-state index in [0.29, 0.717) is 12.1 Å². The Bertz CT molecular complexity index is 502. The summed E-state index contributed by atoms with van der Waals surface area (Å²) in [5.41, 5.74) is 2.71. The van der Waals surface area contributed by atoms with Crippen LogP contribution in [-0.2, 0) is 16.2 Å². The second-order valence-corrected chi connectivity index (χ2v) is 8.61. The molecule has 0 amide bonds. The van der Waals surface area contributed by atoms with E-state index in [-0.39, 0.29) is 5.41 Å². The van der Waals surface area contributed by atoms with Crippen LogP contribution in [0.3, 0.4) is 0 Å². The van der Waals surface area contributed by atoms with E-state index >= 15 is 0 Å². The first-order valence-corrected chi connectivity index (χ1v) is 8.90. The van der Waals surface area contributed by atoms with Gasteiger partial charge in [-0.2, -0.15) is 0 Å². The fourth-order valence-corrected chi connectivity index (χ4v) is 4.09. The zero-order valence-electron chi connectivity index (χ0n) is 13.3. The standard InChI is InChI=1S/C17H27NOS/c1-12(2)18-15-7-6-10-20(19)16-9-8-13(11-14(15)16)17(3,4)5/h8-9,11-12,15,18H,6-7,10H2,1-5H3. The summed E-state index contributed by atoms with van der Waals surface area (Å²) in [7, 11) is -0.843. The van der Waals surface area contributed by atoms with Crippen molar-refractivity contribution < 1.29 is 4.21 Å². The number of hydrogen-bond donors (Lipinski definition) is 1. The zero-order chi connectivity index (χ0) is 14.9. The zero-order valence-corrected chi connectivity index (χ0v) is 14.1. The molecule has 2 nitrogen and oxygen atoms in total. The fraction of sp³-hybridized carbons (Fsp3) is 0.647. The number of nitrogens with one attached hydrogen (secondary N) is 1. The predicted molar refractivity (Wildman–Crippen MR) is 86.7 cm³/mol. The van der Waals surface area contributed by atoms with Crippen LogP contribution in [0.15, 0.2) is 23.1 Å². The van der Waals surface area contributed by atoms with E-state index < -0.39 is 10.8 Å². The SMILES string of the molecule is CC(C)NC1CCCS(=O)c2ccc(C(C)(C)C)cc21. The molecule has 0 spiro atoms. The second kappa shape index (κ2) is 5.98. The Morgan fingerprint density at radius 2 is 2.00 bits per heavy atom. The molecular formula is C17H27NOS. The molecule has 1 aromatic rings. The summed E-state index contributed by atoms with van der Waals surface area (Å²) in [5.74, 6) is 0.790. The molecule has 112 valence electrons. The minimum absolute atomic E-state index is 0.130. The smallest absolute Gasteiger partial charge is 0.0532 e. The van der Waals surface area contributed by atoms with Gasteiger partial charge in [0.05, 0.1) is 10.8 Å². The molecule has 20 heavy (non-hydrogen) atoms. The number of benzene rings is 1. The molecule has 0 bridgehead atoms. The minimum Gasteiger partial charge on any atom is -0.308 e. The van der Waals surface area contributed by atoms with Crippen molar-refractivity contribution >= 4 is 10.8 Å². The summed E-state index contributed by atoms with van der Waals surface area (Å²) in [6, 6.07) is 7.29. The lowest BCUT2D eigenvalue weighted by Crippen LogP contribution is -2.28. The van der Waals surface area contributed by atoms with E-state index in [1.807, 2.05) is 0 Å². The van der Waals surface area contributed by atoms with Gasteiger partial charge in [0.1, 0.15) is 0 Å². The molecule has 0 fully saturated rings. The highest BCUT2D eigenvalue weighted by molar-refractivity contribution is 7.85. The van der Waals surface area contributed by atoms with Crippen LogP contribution in [0, 0.1) is 0 Å².